The Balaban J connectivity index is 2.48. The standard InChI is InChI=1S/C11H21/c1-4-9-7-8-10(5-2)11(9)6-3/h7,9-11H,4-6,8H2,1-3H3. The Morgan fingerprint density at radius 1 is 1.09 bits per heavy atom. The van der Waals surface area contributed by atoms with Gasteiger partial charge >= 0.3 is 0 Å². The average Bonchev–Trinajstić information content (AvgIpc) is 2.45. The van der Waals surface area contributed by atoms with Crippen LogP contribution in [-0.2, 0) is 0 Å². The van der Waals surface area contributed by atoms with Gasteiger partial charge in [0, 0.05) is 0 Å². The van der Waals surface area contributed by atoms with Crippen LogP contribution >= 0.6 is 0 Å². The maximum absolute atomic E-state index is 2.56. The monoisotopic (exact) mass is 153 g/mol. The van der Waals surface area contributed by atoms with E-state index in [0.29, 0.717) is 0 Å². The first kappa shape index (κ1) is 9.09. The van der Waals surface area contributed by atoms with E-state index in [1.165, 1.54) is 25.7 Å². The Morgan fingerprint density at radius 3 is 2.27 bits per heavy atom. The lowest BCUT2D eigenvalue weighted by Gasteiger charge is -2.21. The maximum Gasteiger partial charge on any atom is -0.0349 e. The fourth-order valence-electron chi connectivity index (χ4n) is 2.62. The van der Waals surface area contributed by atoms with Crippen molar-refractivity contribution >= 4 is 0 Å². The van der Waals surface area contributed by atoms with Crippen molar-refractivity contribution < 1.29 is 0 Å². The quantitative estimate of drug-likeness (QED) is 0.580. The number of rotatable bonds is 3. The molecule has 1 radical (unpaired) electrons. The Hall–Kier alpha value is 0. The second-order valence-corrected chi connectivity index (χ2v) is 3.78. The van der Waals surface area contributed by atoms with Crippen molar-refractivity contribution in [3.05, 3.63) is 6.42 Å². The zero-order valence-corrected chi connectivity index (χ0v) is 8.14. The molecule has 0 heteroatoms. The Labute approximate surface area is 71.4 Å². The Bertz CT molecular complexity index is 94.6. The molecule has 0 aromatic rings. The van der Waals surface area contributed by atoms with E-state index < -0.39 is 0 Å². The van der Waals surface area contributed by atoms with Gasteiger partial charge in [0.2, 0.25) is 0 Å². The van der Waals surface area contributed by atoms with Crippen LogP contribution in [0.25, 0.3) is 0 Å². The van der Waals surface area contributed by atoms with Crippen LogP contribution in [0.3, 0.4) is 0 Å². The molecule has 3 unspecified atom stereocenters. The summed E-state index contributed by atoms with van der Waals surface area (Å²) in [6.45, 7) is 7.00. The molecule has 0 heterocycles. The highest BCUT2D eigenvalue weighted by Gasteiger charge is 2.32. The van der Waals surface area contributed by atoms with Crippen LogP contribution in [0.1, 0.15) is 46.5 Å². The van der Waals surface area contributed by atoms with Crippen LogP contribution in [0.2, 0.25) is 0 Å². The molecular formula is C11H21. The van der Waals surface area contributed by atoms with Crippen LogP contribution in [0.5, 0.6) is 0 Å². The largest absolute Gasteiger partial charge is 0.0651 e. The lowest BCUT2D eigenvalue weighted by atomic mass is 9.85. The lowest BCUT2D eigenvalue weighted by Crippen LogP contribution is -2.12. The third-order valence-electron chi connectivity index (χ3n) is 3.36. The smallest absolute Gasteiger partial charge is 0.0349 e. The molecule has 1 fully saturated rings. The van der Waals surface area contributed by atoms with Crippen molar-refractivity contribution in [1.82, 2.24) is 0 Å². The summed E-state index contributed by atoms with van der Waals surface area (Å²) < 4.78 is 0. The van der Waals surface area contributed by atoms with Gasteiger partial charge < -0.3 is 0 Å². The van der Waals surface area contributed by atoms with Crippen LogP contribution in [0.4, 0.5) is 0 Å². The lowest BCUT2D eigenvalue weighted by molar-refractivity contribution is 0.297. The van der Waals surface area contributed by atoms with Crippen molar-refractivity contribution in [2.45, 2.75) is 46.5 Å². The summed E-state index contributed by atoms with van der Waals surface area (Å²) in [6, 6.07) is 0. The van der Waals surface area contributed by atoms with Crippen molar-refractivity contribution in [1.29, 1.82) is 0 Å². The first-order valence-electron chi connectivity index (χ1n) is 5.16. The van der Waals surface area contributed by atoms with Gasteiger partial charge in [-0.15, -0.1) is 0 Å². The molecule has 65 valence electrons. The van der Waals surface area contributed by atoms with Crippen molar-refractivity contribution in [2.75, 3.05) is 0 Å². The predicted octanol–water partition coefficient (Wildman–Crippen LogP) is 3.67. The topological polar surface area (TPSA) is 0 Å². The summed E-state index contributed by atoms with van der Waals surface area (Å²) in [5.41, 5.74) is 0. The normalized spacial score (nSPS) is 37.9. The van der Waals surface area contributed by atoms with Gasteiger partial charge in [-0.05, 0) is 30.6 Å². The summed E-state index contributed by atoms with van der Waals surface area (Å²) in [4.78, 5) is 0. The molecule has 0 spiro atoms. The van der Waals surface area contributed by atoms with Gasteiger partial charge in [0.25, 0.3) is 0 Å². The zero-order valence-electron chi connectivity index (χ0n) is 8.14. The van der Waals surface area contributed by atoms with Gasteiger partial charge in [0.15, 0.2) is 0 Å². The third-order valence-corrected chi connectivity index (χ3v) is 3.36. The summed E-state index contributed by atoms with van der Waals surface area (Å²) in [5, 5.41) is 0. The predicted molar refractivity (Wildman–Crippen MR) is 50.3 cm³/mol. The molecule has 0 aliphatic heterocycles. The van der Waals surface area contributed by atoms with Crippen molar-refractivity contribution in [3.63, 3.8) is 0 Å². The zero-order chi connectivity index (χ0) is 8.27. The first-order chi connectivity index (χ1) is 5.33. The van der Waals surface area contributed by atoms with E-state index in [2.05, 4.69) is 27.2 Å². The molecule has 0 nitrogen and oxygen atoms in total. The fraction of sp³-hybridized carbons (Fsp3) is 0.909. The molecule has 0 aromatic heterocycles. The Morgan fingerprint density at radius 2 is 1.82 bits per heavy atom. The van der Waals surface area contributed by atoms with Gasteiger partial charge in [-0.25, -0.2) is 0 Å². The highest BCUT2D eigenvalue weighted by atomic mass is 14.4. The van der Waals surface area contributed by atoms with Crippen LogP contribution in [0.15, 0.2) is 0 Å². The van der Waals surface area contributed by atoms with Crippen LogP contribution in [0, 0.1) is 24.2 Å². The molecule has 0 aromatic carbocycles. The maximum atomic E-state index is 2.56. The van der Waals surface area contributed by atoms with E-state index in [-0.39, 0.29) is 0 Å². The minimum atomic E-state index is 0.935. The molecule has 0 N–H and O–H groups in total. The van der Waals surface area contributed by atoms with E-state index in [1.807, 2.05) is 0 Å². The Kier molecular flexibility index (Phi) is 3.42. The molecule has 11 heavy (non-hydrogen) atoms. The van der Waals surface area contributed by atoms with E-state index in [4.69, 9.17) is 0 Å². The molecule has 0 amide bonds. The number of hydrogen-bond donors (Lipinski definition) is 0. The molecular weight excluding hydrogens is 132 g/mol. The van der Waals surface area contributed by atoms with E-state index >= 15 is 0 Å². The summed E-state index contributed by atoms with van der Waals surface area (Å²) in [6.07, 6.45) is 8.06. The van der Waals surface area contributed by atoms with Gasteiger partial charge in [-0.1, -0.05) is 40.0 Å². The van der Waals surface area contributed by atoms with Crippen LogP contribution in [-0.4, -0.2) is 0 Å². The molecule has 1 aliphatic rings. The summed E-state index contributed by atoms with van der Waals surface area (Å²) >= 11 is 0. The van der Waals surface area contributed by atoms with Crippen LogP contribution < -0.4 is 0 Å². The minimum absolute atomic E-state index is 0.935. The third kappa shape index (κ3) is 1.77. The second kappa shape index (κ2) is 4.13. The highest BCUT2D eigenvalue weighted by molar-refractivity contribution is 4.93. The average molecular weight is 153 g/mol. The van der Waals surface area contributed by atoms with Crippen molar-refractivity contribution in [2.24, 2.45) is 17.8 Å². The van der Waals surface area contributed by atoms with Gasteiger partial charge in [-0.3, -0.25) is 0 Å². The first-order valence-corrected chi connectivity index (χ1v) is 5.16. The number of hydrogen-bond acceptors (Lipinski definition) is 0. The van der Waals surface area contributed by atoms with E-state index in [9.17, 15) is 0 Å². The van der Waals surface area contributed by atoms with Gasteiger partial charge in [0.05, 0.1) is 0 Å². The van der Waals surface area contributed by atoms with Gasteiger partial charge in [-0.2, -0.15) is 0 Å². The van der Waals surface area contributed by atoms with E-state index in [0.717, 1.165) is 17.8 Å². The van der Waals surface area contributed by atoms with Crippen molar-refractivity contribution in [3.8, 4) is 0 Å². The SMILES string of the molecule is CCC1[CH]CC(CC)C1CC. The molecule has 0 saturated heterocycles. The summed E-state index contributed by atoms with van der Waals surface area (Å²) in [5.74, 6) is 2.94. The molecule has 1 aliphatic carbocycles. The van der Waals surface area contributed by atoms with Gasteiger partial charge in [0.1, 0.15) is 0 Å². The van der Waals surface area contributed by atoms with E-state index in [1.54, 1.807) is 0 Å². The minimum Gasteiger partial charge on any atom is -0.0651 e. The molecule has 1 saturated carbocycles. The molecule has 1 rings (SSSR count). The molecule has 3 atom stereocenters. The summed E-state index contributed by atoms with van der Waals surface area (Å²) in [7, 11) is 0. The second-order valence-electron chi connectivity index (χ2n) is 3.78. The fourth-order valence-corrected chi connectivity index (χ4v) is 2.62. The highest BCUT2D eigenvalue weighted by Crippen LogP contribution is 2.41. The molecule has 0 bridgehead atoms.